The van der Waals surface area contributed by atoms with Crippen LogP contribution in [-0.4, -0.2) is 51.0 Å². The number of carbonyl (C=O) groups excluding carboxylic acids is 1. The van der Waals surface area contributed by atoms with E-state index in [1.54, 1.807) is 13.0 Å². The van der Waals surface area contributed by atoms with E-state index in [1.807, 2.05) is 0 Å². The molecule has 2 heterocycles. The fraction of sp³-hybridized carbons (Fsp3) is 0.545. The number of amides is 2. The molecule has 1 aliphatic rings. The van der Waals surface area contributed by atoms with Crippen molar-refractivity contribution in [2.24, 2.45) is 0 Å². The number of β-amino-alcohol motifs (C(OH)–C–C–N with tert-alkyl or cyclic N) is 1. The molecule has 8 nitrogen and oxygen atoms in total. The van der Waals surface area contributed by atoms with Gasteiger partial charge in [0.25, 0.3) is 0 Å². The van der Waals surface area contributed by atoms with Gasteiger partial charge in [-0.05, 0) is 6.92 Å². The summed E-state index contributed by atoms with van der Waals surface area (Å²) in [5.41, 5.74) is 0.698. The predicted molar refractivity (Wildman–Crippen MR) is 62.2 cm³/mol. The number of aliphatic carboxylic acids is 1. The molecule has 0 saturated carbocycles. The summed E-state index contributed by atoms with van der Waals surface area (Å²) in [6.07, 6.45) is -0.760. The molecule has 0 aliphatic carbocycles. The topological polar surface area (TPSA) is 116 Å². The number of aryl methyl sites for hydroxylation is 1. The summed E-state index contributed by atoms with van der Waals surface area (Å²) < 4.78 is 4.92. The number of nitrogens with zero attached hydrogens (tertiary/aromatic N) is 2. The number of hydrogen-bond acceptors (Lipinski definition) is 5. The van der Waals surface area contributed by atoms with Gasteiger partial charge in [-0.1, -0.05) is 5.16 Å². The molecule has 0 bridgehead atoms. The van der Waals surface area contributed by atoms with E-state index in [2.05, 4.69) is 10.5 Å². The van der Waals surface area contributed by atoms with Crippen LogP contribution in [0, 0.1) is 6.92 Å². The van der Waals surface area contributed by atoms with Gasteiger partial charge < -0.3 is 25.0 Å². The minimum absolute atomic E-state index is 0.0121. The molecule has 2 rings (SSSR count). The average molecular weight is 269 g/mol. The number of urea groups is 1. The average Bonchev–Trinajstić information content (AvgIpc) is 2.92. The SMILES string of the molecule is Cc1cc(CNC(=O)N2CC(O)CC2C(=O)O)on1. The van der Waals surface area contributed by atoms with E-state index in [1.165, 1.54) is 0 Å². The van der Waals surface area contributed by atoms with Gasteiger partial charge in [0.15, 0.2) is 5.76 Å². The third-order valence-corrected chi connectivity index (χ3v) is 2.92. The first-order valence-electron chi connectivity index (χ1n) is 5.85. The second-order valence-electron chi connectivity index (χ2n) is 4.49. The van der Waals surface area contributed by atoms with E-state index >= 15 is 0 Å². The molecule has 1 aromatic heterocycles. The Morgan fingerprint density at radius 3 is 2.95 bits per heavy atom. The zero-order chi connectivity index (χ0) is 14.0. The highest BCUT2D eigenvalue weighted by atomic mass is 16.5. The first kappa shape index (κ1) is 13.3. The number of carboxylic acids is 1. The Balaban J connectivity index is 1.93. The minimum Gasteiger partial charge on any atom is -0.480 e. The molecule has 104 valence electrons. The summed E-state index contributed by atoms with van der Waals surface area (Å²) in [6, 6.07) is 0.137. The van der Waals surface area contributed by atoms with E-state index in [4.69, 9.17) is 9.63 Å². The standard InChI is InChI=1S/C11H15N3O5/c1-6-2-8(19-13-6)4-12-11(18)14-5-7(15)3-9(14)10(16)17/h2,7,9,15H,3-5H2,1H3,(H,12,18)(H,16,17). The van der Waals surface area contributed by atoms with Crippen LogP contribution < -0.4 is 5.32 Å². The van der Waals surface area contributed by atoms with Gasteiger partial charge >= 0.3 is 12.0 Å². The third kappa shape index (κ3) is 3.02. The number of rotatable bonds is 3. The van der Waals surface area contributed by atoms with Crippen LogP contribution >= 0.6 is 0 Å². The highest BCUT2D eigenvalue weighted by molar-refractivity contribution is 5.83. The molecule has 3 N–H and O–H groups in total. The van der Waals surface area contributed by atoms with Gasteiger partial charge in [0.05, 0.1) is 18.3 Å². The Bertz CT molecular complexity index is 486. The van der Waals surface area contributed by atoms with Gasteiger partial charge in [0, 0.05) is 19.0 Å². The summed E-state index contributed by atoms with van der Waals surface area (Å²) in [5, 5.41) is 24.6. The summed E-state index contributed by atoms with van der Waals surface area (Å²) in [7, 11) is 0. The zero-order valence-corrected chi connectivity index (χ0v) is 10.4. The Morgan fingerprint density at radius 1 is 1.63 bits per heavy atom. The maximum atomic E-state index is 11.9. The van der Waals surface area contributed by atoms with Crippen molar-refractivity contribution < 1.29 is 24.3 Å². The second-order valence-corrected chi connectivity index (χ2v) is 4.49. The van der Waals surface area contributed by atoms with Crippen molar-refractivity contribution in [3.8, 4) is 0 Å². The van der Waals surface area contributed by atoms with Crippen LogP contribution in [0.25, 0.3) is 0 Å². The Hall–Kier alpha value is -2.09. The van der Waals surface area contributed by atoms with Crippen molar-refractivity contribution in [2.45, 2.75) is 32.0 Å². The molecule has 1 aliphatic heterocycles. The van der Waals surface area contributed by atoms with Crippen LogP contribution in [0.5, 0.6) is 0 Å². The number of nitrogens with one attached hydrogen (secondary N) is 1. The van der Waals surface area contributed by atoms with E-state index in [-0.39, 0.29) is 19.5 Å². The quantitative estimate of drug-likeness (QED) is 0.694. The number of aromatic nitrogens is 1. The molecule has 2 atom stereocenters. The van der Waals surface area contributed by atoms with Gasteiger partial charge in [0.1, 0.15) is 6.04 Å². The van der Waals surface area contributed by atoms with E-state index in [0.29, 0.717) is 11.5 Å². The van der Waals surface area contributed by atoms with Gasteiger partial charge in [-0.2, -0.15) is 0 Å². The van der Waals surface area contributed by atoms with Crippen molar-refractivity contribution in [3.63, 3.8) is 0 Å². The number of hydrogen-bond donors (Lipinski definition) is 3. The number of carboxylic acid groups (broad SMARTS) is 1. The fourth-order valence-corrected chi connectivity index (χ4v) is 2.04. The Kier molecular flexibility index (Phi) is 3.70. The lowest BCUT2D eigenvalue weighted by atomic mass is 10.2. The highest BCUT2D eigenvalue weighted by Crippen LogP contribution is 2.18. The molecular formula is C11H15N3O5. The third-order valence-electron chi connectivity index (χ3n) is 2.92. The molecule has 1 fully saturated rings. The maximum absolute atomic E-state index is 11.9. The number of likely N-dealkylation sites (tertiary alicyclic amines) is 1. The molecule has 2 unspecified atom stereocenters. The molecule has 2 amide bonds. The zero-order valence-electron chi connectivity index (χ0n) is 10.4. The normalized spacial score (nSPS) is 22.5. The number of aliphatic hydroxyl groups excluding tert-OH is 1. The maximum Gasteiger partial charge on any atom is 0.326 e. The van der Waals surface area contributed by atoms with Crippen molar-refractivity contribution in [2.75, 3.05) is 6.54 Å². The highest BCUT2D eigenvalue weighted by Gasteiger charge is 2.38. The second kappa shape index (κ2) is 5.27. The lowest BCUT2D eigenvalue weighted by Crippen LogP contribution is -2.45. The Labute approximate surface area is 109 Å². The lowest BCUT2D eigenvalue weighted by Gasteiger charge is -2.21. The van der Waals surface area contributed by atoms with E-state index in [9.17, 15) is 14.7 Å². The van der Waals surface area contributed by atoms with E-state index in [0.717, 1.165) is 4.90 Å². The van der Waals surface area contributed by atoms with Crippen LogP contribution in [0.15, 0.2) is 10.6 Å². The van der Waals surface area contributed by atoms with Crippen LogP contribution in [-0.2, 0) is 11.3 Å². The van der Waals surface area contributed by atoms with Crippen molar-refractivity contribution in [1.82, 2.24) is 15.4 Å². The first-order chi connectivity index (χ1) is 8.97. The molecule has 8 heteroatoms. The summed E-state index contributed by atoms with van der Waals surface area (Å²) in [5.74, 6) is -0.639. The molecule has 0 radical (unpaired) electrons. The van der Waals surface area contributed by atoms with Crippen LogP contribution in [0.3, 0.4) is 0 Å². The number of carbonyl (C=O) groups is 2. The van der Waals surface area contributed by atoms with Crippen molar-refractivity contribution >= 4 is 12.0 Å². The summed E-state index contributed by atoms with van der Waals surface area (Å²) >= 11 is 0. The molecular weight excluding hydrogens is 254 g/mol. The van der Waals surface area contributed by atoms with Crippen LogP contribution in [0.2, 0.25) is 0 Å². The predicted octanol–water partition coefficient (Wildman–Crippen LogP) is -0.288. The summed E-state index contributed by atoms with van der Waals surface area (Å²) in [4.78, 5) is 23.9. The van der Waals surface area contributed by atoms with Crippen molar-refractivity contribution in [3.05, 3.63) is 17.5 Å². The first-order valence-corrected chi connectivity index (χ1v) is 5.85. The van der Waals surface area contributed by atoms with Gasteiger partial charge in [-0.15, -0.1) is 0 Å². The van der Waals surface area contributed by atoms with Crippen molar-refractivity contribution in [1.29, 1.82) is 0 Å². The van der Waals surface area contributed by atoms with Crippen LogP contribution in [0.4, 0.5) is 4.79 Å². The van der Waals surface area contributed by atoms with Gasteiger partial charge in [-0.25, -0.2) is 9.59 Å². The van der Waals surface area contributed by atoms with E-state index < -0.39 is 24.1 Å². The fourth-order valence-electron chi connectivity index (χ4n) is 2.04. The lowest BCUT2D eigenvalue weighted by molar-refractivity contribution is -0.141. The monoisotopic (exact) mass is 269 g/mol. The summed E-state index contributed by atoms with van der Waals surface area (Å²) in [6.45, 7) is 1.89. The van der Waals surface area contributed by atoms with Gasteiger partial charge in [-0.3, -0.25) is 0 Å². The molecule has 1 saturated heterocycles. The molecule has 0 spiro atoms. The smallest absolute Gasteiger partial charge is 0.326 e. The minimum atomic E-state index is -1.12. The number of aliphatic hydroxyl groups is 1. The molecule has 1 aromatic rings. The van der Waals surface area contributed by atoms with Gasteiger partial charge in [0.2, 0.25) is 0 Å². The largest absolute Gasteiger partial charge is 0.480 e. The molecule has 0 aromatic carbocycles. The molecule has 19 heavy (non-hydrogen) atoms. The Morgan fingerprint density at radius 2 is 2.37 bits per heavy atom. The van der Waals surface area contributed by atoms with Crippen LogP contribution in [0.1, 0.15) is 17.9 Å².